The molecular weight excluding hydrogens is 212 g/mol. The first kappa shape index (κ1) is 11.0. The number of hydrogen-bond donors (Lipinski definition) is 0. The Balaban J connectivity index is 1.81. The van der Waals surface area contributed by atoms with E-state index in [1.165, 1.54) is 12.8 Å². The summed E-state index contributed by atoms with van der Waals surface area (Å²) in [5.41, 5.74) is 1.11. The van der Waals surface area contributed by atoms with E-state index in [0.717, 1.165) is 43.5 Å². The smallest absolute Gasteiger partial charge is 0.134 e. The van der Waals surface area contributed by atoms with Crippen molar-refractivity contribution in [2.24, 2.45) is 0 Å². The zero-order valence-corrected chi connectivity index (χ0v) is 10.7. The molecule has 1 saturated heterocycles. The summed E-state index contributed by atoms with van der Waals surface area (Å²) in [6.45, 7) is 6.49. The minimum Gasteiger partial charge on any atom is -0.354 e. The van der Waals surface area contributed by atoms with Gasteiger partial charge in [-0.05, 0) is 26.8 Å². The average Bonchev–Trinajstić information content (AvgIpc) is 3.13. The van der Waals surface area contributed by atoms with E-state index in [0.29, 0.717) is 5.92 Å². The van der Waals surface area contributed by atoms with Crippen molar-refractivity contribution in [3.8, 4) is 0 Å². The third kappa shape index (κ3) is 2.41. The number of anilines is 1. The fraction of sp³-hybridized carbons (Fsp3) is 0.692. The van der Waals surface area contributed by atoms with Crippen molar-refractivity contribution in [1.29, 1.82) is 0 Å². The summed E-state index contributed by atoms with van der Waals surface area (Å²) in [7, 11) is 2.18. The van der Waals surface area contributed by atoms with Crippen LogP contribution >= 0.6 is 0 Å². The predicted octanol–water partition coefficient (Wildman–Crippen LogP) is 1.41. The van der Waals surface area contributed by atoms with E-state index in [9.17, 15) is 0 Å². The third-order valence-electron chi connectivity index (χ3n) is 3.63. The maximum atomic E-state index is 4.74. The Kier molecular flexibility index (Phi) is 2.74. The Bertz CT molecular complexity index is 406. The van der Waals surface area contributed by atoms with Crippen LogP contribution in [0.5, 0.6) is 0 Å². The normalized spacial score (nSPS) is 21.9. The van der Waals surface area contributed by atoms with Crippen molar-refractivity contribution >= 4 is 5.82 Å². The lowest BCUT2D eigenvalue weighted by Crippen LogP contribution is -2.44. The molecule has 1 aromatic rings. The molecule has 0 atom stereocenters. The van der Waals surface area contributed by atoms with E-state index in [-0.39, 0.29) is 0 Å². The summed E-state index contributed by atoms with van der Waals surface area (Å²) in [6.07, 6.45) is 2.54. The molecule has 0 amide bonds. The van der Waals surface area contributed by atoms with Crippen molar-refractivity contribution in [1.82, 2.24) is 14.9 Å². The highest BCUT2D eigenvalue weighted by atomic mass is 15.3. The minimum absolute atomic E-state index is 0.640. The van der Waals surface area contributed by atoms with E-state index >= 15 is 0 Å². The summed E-state index contributed by atoms with van der Waals surface area (Å²) < 4.78 is 0. The molecule has 4 heteroatoms. The van der Waals surface area contributed by atoms with Crippen LogP contribution < -0.4 is 4.90 Å². The van der Waals surface area contributed by atoms with Crippen LogP contribution in [0.3, 0.4) is 0 Å². The Morgan fingerprint density at radius 3 is 2.47 bits per heavy atom. The highest BCUT2D eigenvalue weighted by Crippen LogP contribution is 2.38. The lowest BCUT2D eigenvalue weighted by molar-refractivity contribution is 0.312. The van der Waals surface area contributed by atoms with Crippen LogP contribution in [0, 0.1) is 6.92 Å². The molecule has 2 aliphatic rings. The summed E-state index contributed by atoms with van der Waals surface area (Å²) in [6, 6.07) is 2.12. The summed E-state index contributed by atoms with van der Waals surface area (Å²) in [5.74, 6) is 2.84. The highest BCUT2D eigenvalue weighted by Gasteiger charge is 2.27. The Hall–Kier alpha value is -1.16. The maximum Gasteiger partial charge on any atom is 0.134 e. The van der Waals surface area contributed by atoms with Gasteiger partial charge in [-0.15, -0.1) is 0 Å². The number of nitrogens with zero attached hydrogens (tertiary/aromatic N) is 4. The molecule has 1 saturated carbocycles. The summed E-state index contributed by atoms with van der Waals surface area (Å²) in [5, 5.41) is 0. The third-order valence-corrected chi connectivity index (χ3v) is 3.63. The number of aryl methyl sites for hydroxylation is 1. The fourth-order valence-corrected chi connectivity index (χ4v) is 2.30. The molecular formula is C13H20N4. The fourth-order valence-electron chi connectivity index (χ4n) is 2.30. The van der Waals surface area contributed by atoms with Gasteiger partial charge < -0.3 is 9.80 Å². The first-order valence-electron chi connectivity index (χ1n) is 6.51. The molecule has 0 N–H and O–H groups in total. The summed E-state index contributed by atoms with van der Waals surface area (Å²) >= 11 is 0. The van der Waals surface area contributed by atoms with Gasteiger partial charge in [-0.25, -0.2) is 9.97 Å². The van der Waals surface area contributed by atoms with Gasteiger partial charge >= 0.3 is 0 Å². The van der Waals surface area contributed by atoms with E-state index in [1.807, 2.05) is 0 Å². The van der Waals surface area contributed by atoms with E-state index in [2.05, 4.69) is 34.8 Å². The number of hydrogen-bond acceptors (Lipinski definition) is 4. The van der Waals surface area contributed by atoms with Crippen LogP contribution in [0.2, 0.25) is 0 Å². The topological polar surface area (TPSA) is 32.3 Å². The minimum atomic E-state index is 0.640. The molecule has 2 fully saturated rings. The SMILES string of the molecule is Cc1cc(N2CCN(C)CC2)nc(C2CC2)n1. The molecule has 3 rings (SSSR count). The average molecular weight is 232 g/mol. The van der Waals surface area contributed by atoms with Gasteiger partial charge in [0.05, 0.1) is 0 Å². The van der Waals surface area contributed by atoms with Gasteiger partial charge in [0, 0.05) is 43.9 Å². The van der Waals surface area contributed by atoms with E-state index in [4.69, 9.17) is 4.98 Å². The molecule has 1 aromatic heterocycles. The molecule has 2 heterocycles. The number of likely N-dealkylation sites (N-methyl/N-ethyl adjacent to an activating group) is 1. The molecule has 0 aromatic carbocycles. The Labute approximate surface area is 103 Å². The molecule has 1 aliphatic carbocycles. The van der Waals surface area contributed by atoms with Crippen LogP contribution in [0.1, 0.15) is 30.3 Å². The monoisotopic (exact) mass is 232 g/mol. The van der Waals surface area contributed by atoms with Gasteiger partial charge in [0.15, 0.2) is 0 Å². The maximum absolute atomic E-state index is 4.74. The Morgan fingerprint density at radius 2 is 1.82 bits per heavy atom. The first-order valence-corrected chi connectivity index (χ1v) is 6.51. The van der Waals surface area contributed by atoms with E-state index < -0.39 is 0 Å². The molecule has 17 heavy (non-hydrogen) atoms. The molecule has 1 aliphatic heterocycles. The quantitative estimate of drug-likeness (QED) is 0.772. The van der Waals surface area contributed by atoms with E-state index in [1.54, 1.807) is 0 Å². The zero-order valence-electron chi connectivity index (χ0n) is 10.7. The van der Waals surface area contributed by atoms with Gasteiger partial charge in [-0.3, -0.25) is 0 Å². The Morgan fingerprint density at radius 1 is 1.12 bits per heavy atom. The van der Waals surface area contributed by atoms with Gasteiger partial charge in [0.25, 0.3) is 0 Å². The largest absolute Gasteiger partial charge is 0.354 e. The summed E-state index contributed by atoms with van der Waals surface area (Å²) in [4.78, 5) is 14.1. The van der Waals surface area contributed by atoms with Gasteiger partial charge in [-0.2, -0.15) is 0 Å². The van der Waals surface area contributed by atoms with Gasteiger partial charge in [-0.1, -0.05) is 0 Å². The standard InChI is InChI=1S/C13H20N4/c1-10-9-12(15-13(14-10)11-3-4-11)17-7-5-16(2)6-8-17/h9,11H,3-8H2,1-2H3. The van der Waals surface area contributed by atoms with Crippen molar-refractivity contribution in [3.63, 3.8) is 0 Å². The predicted molar refractivity (Wildman–Crippen MR) is 68.5 cm³/mol. The lowest BCUT2D eigenvalue weighted by atomic mass is 10.3. The number of piperazine rings is 1. The second-order valence-electron chi connectivity index (χ2n) is 5.29. The van der Waals surface area contributed by atoms with Crippen LogP contribution in [-0.2, 0) is 0 Å². The number of aromatic nitrogens is 2. The highest BCUT2D eigenvalue weighted by molar-refractivity contribution is 5.41. The van der Waals surface area contributed by atoms with Crippen molar-refractivity contribution in [3.05, 3.63) is 17.6 Å². The zero-order chi connectivity index (χ0) is 11.8. The van der Waals surface area contributed by atoms with Crippen LogP contribution in [-0.4, -0.2) is 48.1 Å². The molecule has 0 bridgehead atoms. The van der Waals surface area contributed by atoms with Crippen LogP contribution in [0.25, 0.3) is 0 Å². The molecule has 4 nitrogen and oxygen atoms in total. The van der Waals surface area contributed by atoms with Gasteiger partial charge in [0.2, 0.25) is 0 Å². The molecule has 92 valence electrons. The number of rotatable bonds is 2. The second-order valence-corrected chi connectivity index (χ2v) is 5.29. The second kappa shape index (κ2) is 4.26. The van der Waals surface area contributed by atoms with Gasteiger partial charge in [0.1, 0.15) is 11.6 Å². The molecule has 0 radical (unpaired) electrons. The van der Waals surface area contributed by atoms with Crippen LogP contribution in [0.4, 0.5) is 5.82 Å². The first-order chi connectivity index (χ1) is 8.22. The van der Waals surface area contributed by atoms with Crippen molar-refractivity contribution < 1.29 is 0 Å². The molecule has 0 spiro atoms. The molecule has 0 unspecified atom stereocenters. The van der Waals surface area contributed by atoms with Crippen LogP contribution in [0.15, 0.2) is 6.07 Å². The van der Waals surface area contributed by atoms with Crippen molar-refractivity contribution in [2.45, 2.75) is 25.7 Å². The van der Waals surface area contributed by atoms with Crippen molar-refractivity contribution in [2.75, 3.05) is 38.1 Å². The lowest BCUT2D eigenvalue weighted by Gasteiger charge is -2.33.